The molecule has 0 aliphatic carbocycles. The molecule has 0 fully saturated rings. The zero-order valence-electron chi connectivity index (χ0n) is 9.92. The van der Waals surface area contributed by atoms with Crippen LogP contribution in [0.3, 0.4) is 0 Å². The summed E-state index contributed by atoms with van der Waals surface area (Å²) in [4.78, 5) is 11.8. The molecule has 0 aliphatic rings. The van der Waals surface area contributed by atoms with Crippen LogP contribution in [0.5, 0.6) is 0 Å². The molecule has 0 saturated heterocycles. The Morgan fingerprint density at radius 1 is 1.33 bits per heavy atom. The number of H-pyrrole nitrogens is 1. The molecule has 3 rings (SSSR count). The maximum absolute atomic E-state index is 5.34. The average Bonchev–Trinajstić information content (AvgIpc) is 2.67. The third-order valence-corrected chi connectivity index (χ3v) is 3.14. The van der Waals surface area contributed by atoms with Crippen LogP contribution < -0.4 is 0 Å². The van der Waals surface area contributed by atoms with Crippen LogP contribution in [0.25, 0.3) is 11.2 Å². The van der Waals surface area contributed by atoms with Crippen molar-refractivity contribution in [2.24, 2.45) is 0 Å². The van der Waals surface area contributed by atoms with Gasteiger partial charge >= 0.3 is 0 Å². The molecule has 90 valence electrons. The van der Waals surface area contributed by atoms with E-state index in [0.717, 1.165) is 22.4 Å². The second kappa shape index (κ2) is 4.34. The molecule has 0 aliphatic heterocycles. The third kappa shape index (κ3) is 1.93. The van der Waals surface area contributed by atoms with Gasteiger partial charge in [-0.15, -0.1) is 0 Å². The lowest BCUT2D eigenvalue weighted by molar-refractivity contribution is 0.795. The van der Waals surface area contributed by atoms with Crippen LogP contribution in [0, 0.1) is 11.7 Å². The van der Waals surface area contributed by atoms with Crippen molar-refractivity contribution in [3.05, 3.63) is 52.7 Å². The first-order valence-electron chi connectivity index (χ1n) is 5.69. The SMILES string of the molecule is Cc1ccc2[nH]c(=S)n(Cc3cccnc3)c2n1. The number of nitrogens with zero attached hydrogens (tertiary/aromatic N) is 3. The lowest BCUT2D eigenvalue weighted by Crippen LogP contribution is -2.01. The molecular formula is C13H12N4S. The number of aromatic nitrogens is 4. The summed E-state index contributed by atoms with van der Waals surface area (Å²) in [6, 6.07) is 7.94. The summed E-state index contributed by atoms with van der Waals surface area (Å²) in [7, 11) is 0. The molecule has 0 radical (unpaired) electrons. The molecule has 4 nitrogen and oxygen atoms in total. The summed E-state index contributed by atoms with van der Waals surface area (Å²) in [6.45, 7) is 2.66. The van der Waals surface area contributed by atoms with Crippen LogP contribution in [-0.2, 0) is 6.54 Å². The second-order valence-corrected chi connectivity index (χ2v) is 4.59. The van der Waals surface area contributed by atoms with Crippen molar-refractivity contribution in [3.63, 3.8) is 0 Å². The molecule has 0 unspecified atom stereocenters. The summed E-state index contributed by atoms with van der Waals surface area (Å²) in [6.07, 6.45) is 3.61. The first-order valence-corrected chi connectivity index (χ1v) is 6.10. The predicted molar refractivity (Wildman–Crippen MR) is 73.0 cm³/mol. The largest absolute Gasteiger partial charge is 0.329 e. The number of imidazole rings is 1. The Balaban J connectivity index is 2.14. The lowest BCUT2D eigenvalue weighted by Gasteiger charge is -2.03. The Bertz CT molecular complexity index is 743. The van der Waals surface area contributed by atoms with Crippen LogP contribution in [-0.4, -0.2) is 19.5 Å². The van der Waals surface area contributed by atoms with Gasteiger partial charge in [0.15, 0.2) is 10.4 Å². The highest BCUT2D eigenvalue weighted by atomic mass is 32.1. The van der Waals surface area contributed by atoms with Crippen molar-refractivity contribution < 1.29 is 0 Å². The first kappa shape index (κ1) is 11.1. The molecule has 18 heavy (non-hydrogen) atoms. The monoisotopic (exact) mass is 256 g/mol. The molecule has 0 saturated carbocycles. The van der Waals surface area contributed by atoms with Gasteiger partial charge in [-0.2, -0.15) is 0 Å². The molecule has 0 bridgehead atoms. The van der Waals surface area contributed by atoms with Crippen molar-refractivity contribution in [2.75, 3.05) is 0 Å². The molecule has 5 heteroatoms. The average molecular weight is 256 g/mol. The van der Waals surface area contributed by atoms with Gasteiger partial charge < -0.3 is 4.98 Å². The van der Waals surface area contributed by atoms with Crippen LogP contribution in [0.15, 0.2) is 36.7 Å². The highest BCUT2D eigenvalue weighted by Gasteiger charge is 2.06. The molecule has 1 N–H and O–H groups in total. The second-order valence-electron chi connectivity index (χ2n) is 4.20. The topological polar surface area (TPSA) is 46.5 Å². The zero-order valence-corrected chi connectivity index (χ0v) is 10.7. The number of aryl methyl sites for hydroxylation is 1. The molecule has 3 aromatic rings. The molecule has 0 amide bonds. The summed E-state index contributed by atoms with van der Waals surface area (Å²) in [5, 5.41) is 0. The molecular weight excluding hydrogens is 244 g/mol. The minimum Gasteiger partial charge on any atom is -0.329 e. The number of aromatic amines is 1. The van der Waals surface area contributed by atoms with E-state index in [1.807, 2.05) is 42.0 Å². The van der Waals surface area contributed by atoms with Crippen LogP contribution in [0.4, 0.5) is 0 Å². The van der Waals surface area contributed by atoms with Gasteiger partial charge in [-0.3, -0.25) is 9.55 Å². The van der Waals surface area contributed by atoms with Gasteiger partial charge in [0.1, 0.15) is 0 Å². The van der Waals surface area contributed by atoms with Crippen molar-refractivity contribution >= 4 is 23.4 Å². The standard InChI is InChI=1S/C13H12N4S/c1-9-4-5-11-12(15-9)17(13(18)16-11)8-10-3-2-6-14-7-10/h2-7H,8H2,1H3,(H,16,18). The van der Waals surface area contributed by atoms with E-state index in [1.165, 1.54) is 0 Å². The van der Waals surface area contributed by atoms with Gasteiger partial charge in [-0.05, 0) is 42.9 Å². The third-order valence-electron chi connectivity index (χ3n) is 2.82. The van der Waals surface area contributed by atoms with Gasteiger partial charge in [0, 0.05) is 18.1 Å². The fourth-order valence-corrected chi connectivity index (χ4v) is 2.21. The maximum Gasteiger partial charge on any atom is 0.179 e. The van der Waals surface area contributed by atoms with Crippen molar-refractivity contribution in [1.82, 2.24) is 19.5 Å². The first-order chi connectivity index (χ1) is 8.74. The van der Waals surface area contributed by atoms with E-state index in [9.17, 15) is 0 Å². The maximum atomic E-state index is 5.34. The quantitative estimate of drug-likeness (QED) is 0.717. The number of rotatable bonds is 2. The molecule has 3 aromatic heterocycles. The number of pyridine rings is 2. The molecule has 3 heterocycles. The van der Waals surface area contributed by atoms with E-state index < -0.39 is 0 Å². The summed E-state index contributed by atoms with van der Waals surface area (Å²) >= 11 is 5.34. The minimum atomic E-state index is 0.684. The van der Waals surface area contributed by atoms with E-state index in [0.29, 0.717) is 11.3 Å². The predicted octanol–water partition coefficient (Wildman–Crippen LogP) is 2.85. The summed E-state index contributed by atoms with van der Waals surface area (Å²) < 4.78 is 2.68. The summed E-state index contributed by atoms with van der Waals surface area (Å²) in [5.74, 6) is 0. The zero-order chi connectivity index (χ0) is 12.5. The highest BCUT2D eigenvalue weighted by molar-refractivity contribution is 7.71. The van der Waals surface area contributed by atoms with E-state index >= 15 is 0 Å². The molecule has 0 spiro atoms. The smallest absolute Gasteiger partial charge is 0.179 e. The van der Waals surface area contributed by atoms with Gasteiger partial charge in [0.05, 0.1) is 12.1 Å². The van der Waals surface area contributed by atoms with Crippen LogP contribution in [0.1, 0.15) is 11.3 Å². The van der Waals surface area contributed by atoms with Gasteiger partial charge in [-0.25, -0.2) is 4.98 Å². The number of hydrogen-bond donors (Lipinski definition) is 1. The van der Waals surface area contributed by atoms with E-state index in [-0.39, 0.29) is 0 Å². The highest BCUT2D eigenvalue weighted by Crippen LogP contribution is 2.14. The van der Waals surface area contributed by atoms with Gasteiger partial charge in [-0.1, -0.05) is 6.07 Å². The van der Waals surface area contributed by atoms with Gasteiger partial charge in [0.25, 0.3) is 0 Å². The lowest BCUT2D eigenvalue weighted by atomic mass is 10.3. The Labute approximate surface area is 109 Å². The van der Waals surface area contributed by atoms with Crippen LogP contribution >= 0.6 is 12.2 Å². The number of hydrogen-bond acceptors (Lipinski definition) is 3. The van der Waals surface area contributed by atoms with E-state index in [2.05, 4.69) is 15.0 Å². The van der Waals surface area contributed by atoms with E-state index in [4.69, 9.17) is 12.2 Å². The van der Waals surface area contributed by atoms with Crippen molar-refractivity contribution in [3.8, 4) is 0 Å². The fourth-order valence-electron chi connectivity index (χ4n) is 1.95. The fraction of sp³-hybridized carbons (Fsp3) is 0.154. The normalized spacial score (nSPS) is 10.9. The minimum absolute atomic E-state index is 0.684. The van der Waals surface area contributed by atoms with Crippen molar-refractivity contribution in [2.45, 2.75) is 13.5 Å². The summed E-state index contributed by atoms with van der Waals surface area (Å²) in [5.41, 5.74) is 3.95. The number of fused-ring (bicyclic) bond motifs is 1. The Morgan fingerprint density at radius 3 is 3.00 bits per heavy atom. The Hall–Kier alpha value is -2.01. The molecule has 0 atom stereocenters. The Morgan fingerprint density at radius 2 is 2.22 bits per heavy atom. The molecule has 0 aromatic carbocycles. The van der Waals surface area contributed by atoms with Crippen molar-refractivity contribution in [1.29, 1.82) is 0 Å². The number of nitrogens with one attached hydrogen (secondary N) is 1. The Kier molecular flexibility index (Phi) is 2.68. The van der Waals surface area contributed by atoms with Gasteiger partial charge in [0.2, 0.25) is 0 Å². The van der Waals surface area contributed by atoms with Crippen LogP contribution in [0.2, 0.25) is 0 Å². The van der Waals surface area contributed by atoms with E-state index in [1.54, 1.807) is 6.20 Å².